The summed E-state index contributed by atoms with van der Waals surface area (Å²) >= 11 is 0. The first-order valence-electron chi connectivity index (χ1n) is 5.56. The molecule has 0 aromatic heterocycles. The highest BCUT2D eigenvalue weighted by Gasteiger charge is 2.02. The highest BCUT2D eigenvalue weighted by atomic mass is 35.5. The smallest absolute Gasteiger partial charge is 0.0717 e. The summed E-state index contributed by atoms with van der Waals surface area (Å²) in [7, 11) is 0. The highest BCUT2D eigenvalue weighted by Crippen LogP contribution is 2.00. The maximum Gasteiger partial charge on any atom is 0.0717 e. The lowest BCUT2D eigenvalue weighted by atomic mass is 10.2. The molecule has 0 aliphatic carbocycles. The largest absolute Gasteiger partial charge is 0.375 e. The lowest BCUT2D eigenvalue weighted by Crippen LogP contribution is -2.35. The van der Waals surface area contributed by atoms with Crippen molar-refractivity contribution in [3.05, 3.63) is 35.9 Å². The van der Waals surface area contributed by atoms with Crippen molar-refractivity contribution in [1.82, 2.24) is 5.32 Å². The predicted molar refractivity (Wildman–Crippen MR) is 71.1 cm³/mol. The minimum Gasteiger partial charge on any atom is -0.375 e. The van der Waals surface area contributed by atoms with Crippen LogP contribution in [0.2, 0.25) is 0 Å². The average Bonchev–Trinajstić information content (AvgIpc) is 2.18. The van der Waals surface area contributed by atoms with Gasteiger partial charge in [-0.3, -0.25) is 0 Å². The van der Waals surface area contributed by atoms with Gasteiger partial charge in [0.15, 0.2) is 0 Å². The second-order valence-electron chi connectivity index (χ2n) is 4.22. The fourth-order valence-corrected chi connectivity index (χ4v) is 1.54. The van der Waals surface area contributed by atoms with E-state index in [0.717, 1.165) is 6.61 Å². The maximum atomic E-state index is 5.62. The number of hydrogen-bond acceptors (Lipinski definition) is 2. The number of nitrogens with one attached hydrogen (secondary N) is 1. The summed E-state index contributed by atoms with van der Waals surface area (Å²) in [4.78, 5) is 0. The van der Waals surface area contributed by atoms with Crippen molar-refractivity contribution in [2.45, 2.75) is 39.5 Å². The summed E-state index contributed by atoms with van der Waals surface area (Å²) in [5.41, 5.74) is 1.23. The van der Waals surface area contributed by atoms with Crippen LogP contribution in [0.5, 0.6) is 0 Å². The lowest BCUT2D eigenvalue weighted by molar-refractivity contribution is 0.101. The molecule has 0 heterocycles. The minimum atomic E-state index is 0. The first kappa shape index (κ1) is 15.4. The van der Waals surface area contributed by atoms with Gasteiger partial charge in [0.05, 0.1) is 13.2 Å². The van der Waals surface area contributed by atoms with Crippen LogP contribution in [0, 0.1) is 0 Å². The van der Waals surface area contributed by atoms with Gasteiger partial charge in [0.2, 0.25) is 0 Å². The molecule has 0 aliphatic rings. The van der Waals surface area contributed by atoms with Gasteiger partial charge < -0.3 is 10.1 Å². The van der Waals surface area contributed by atoms with Crippen molar-refractivity contribution >= 4 is 12.4 Å². The molecule has 16 heavy (non-hydrogen) atoms. The van der Waals surface area contributed by atoms with Crippen LogP contribution in [0.4, 0.5) is 0 Å². The standard InChI is InChI=1S/C13H21NO.ClH/c1-11(2)14-12(3)9-15-10-13-7-5-4-6-8-13;/h4-8,11-12,14H,9-10H2,1-3H3;1H/t12-;/m1./s1. The van der Waals surface area contributed by atoms with E-state index in [-0.39, 0.29) is 12.4 Å². The second kappa shape index (κ2) is 8.57. The Labute approximate surface area is 105 Å². The Morgan fingerprint density at radius 3 is 2.31 bits per heavy atom. The molecule has 0 radical (unpaired) electrons. The highest BCUT2D eigenvalue weighted by molar-refractivity contribution is 5.85. The van der Waals surface area contributed by atoms with Crippen molar-refractivity contribution in [3.63, 3.8) is 0 Å². The van der Waals surface area contributed by atoms with E-state index >= 15 is 0 Å². The molecule has 0 spiro atoms. The quantitative estimate of drug-likeness (QED) is 0.830. The average molecular weight is 244 g/mol. The van der Waals surface area contributed by atoms with E-state index in [2.05, 4.69) is 38.2 Å². The van der Waals surface area contributed by atoms with Gasteiger partial charge in [-0.15, -0.1) is 12.4 Å². The fourth-order valence-electron chi connectivity index (χ4n) is 1.54. The maximum absolute atomic E-state index is 5.62. The molecule has 0 bridgehead atoms. The Kier molecular flexibility index (Phi) is 8.26. The molecule has 1 rings (SSSR count). The molecule has 1 aromatic rings. The summed E-state index contributed by atoms with van der Waals surface area (Å²) in [6.45, 7) is 7.89. The van der Waals surface area contributed by atoms with Crippen LogP contribution in [0.3, 0.4) is 0 Å². The van der Waals surface area contributed by atoms with Crippen LogP contribution in [0.1, 0.15) is 26.3 Å². The van der Waals surface area contributed by atoms with Crippen LogP contribution in [-0.4, -0.2) is 18.7 Å². The minimum absolute atomic E-state index is 0. The van der Waals surface area contributed by atoms with E-state index in [1.54, 1.807) is 0 Å². The first-order valence-corrected chi connectivity index (χ1v) is 5.56. The van der Waals surface area contributed by atoms with Crippen LogP contribution in [0.15, 0.2) is 30.3 Å². The zero-order valence-corrected chi connectivity index (χ0v) is 11.1. The van der Waals surface area contributed by atoms with Gasteiger partial charge in [-0.25, -0.2) is 0 Å². The summed E-state index contributed by atoms with van der Waals surface area (Å²) in [5, 5.41) is 3.40. The summed E-state index contributed by atoms with van der Waals surface area (Å²) < 4.78 is 5.62. The van der Waals surface area contributed by atoms with Crippen molar-refractivity contribution in [3.8, 4) is 0 Å². The second-order valence-corrected chi connectivity index (χ2v) is 4.22. The summed E-state index contributed by atoms with van der Waals surface area (Å²) in [5.74, 6) is 0. The summed E-state index contributed by atoms with van der Waals surface area (Å²) in [6.07, 6.45) is 0. The number of halogens is 1. The molecule has 0 saturated carbocycles. The molecule has 0 fully saturated rings. The van der Waals surface area contributed by atoms with Crippen molar-refractivity contribution in [1.29, 1.82) is 0 Å². The molecule has 3 heteroatoms. The fraction of sp³-hybridized carbons (Fsp3) is 0.538. The van der Waals surface area contributed by atoms with E-state index in [1.165, 1.54) is 5.56 Å². The lowest BCUT2D eigenvalue weighted by Gasteiger charge is -2.16. The third kappa shape index (κ3) is 6.83. The number of rotatable bonds is 6. The molecule has 0 amide bonds. The van der Waals surface area contributed by atoms with Gasteiger partial charge in [0, 0.05) is 12.1 Å². The Bertz CT molecular complexity index is 264. The Morgan fingerprint density at radius 2 is 1.75 bits per heavy atom. The van der Waals surface area contributed by atoms with Gasteiger partial charge in [0.1, 0.15) is 0 Å². The van der Waals surface area contributed by atoms with Gasteiger partial charge in [0.25, 0.3) is 0 Å². The molecule has 1 aromatic carbocycles. The predicted octanol–water partition coefficient (Wildman–Crippen LogP) is 3.01. The molecule has 1 N–H and O–H groups in total. The van der Waals surface area contributed by atoms with Gasteiger partial charge in [-0.05, 0) is 12.5 Å². The topological polar surface area (TPSA) is 21.3 Å². The van der Waals surface area contributed by atoms with E-state index < -0.39 is 0 Å². The number of benzene rings is 1. The third-order valence-corrected chi connectivity index (χ3v) is 2.10. The van der Waals surface area contributed by atoms with Crippen molar-refractivity contribution < 1.29 is 4.74 Å². The molecular formula is C13H22ClNO. The molecule has 1 atom stereocenters. The van der Waals surface area contributed by atoms with Crippen molar-refractivity contribution in [2.75, 3.05) is 6.61 Å². The van der Waals surface area contributed by atoms with E-state index in [0.29, 0.717) is 18.7 Å². The number of hydrogen-bond donors (Lipinski definition) is 1. The summed E-state index contributed by atoms with van der Waals surface area (Å²) in [6, 6.07) is 11.2. The molecule has 2 nitrogen and oxygen atoms in total. The van der Waals surface area contributed by atoms with Crippen LogP contribution < -0.4 is 5.32 Å². The molecular weight excluding hydrogens is 222 g/mol. The van der Waals surface area contributed by atoms with Gasteiger partial charge in [-0.2, -0.15) is 0 Å². The third-order valence-electron chi connectivity index (χ3n) is 2.10. The first-order chi connectivity index (χ1) is 7.18. The zero-order chi connectivity index (χ0) is 11.1. The molecule has 0 aliphatic heterocycles. The Hall–Kier alpha value is -0.570. The monoisotopic (exact) mass is 243 g/mol. The van der Waals surface area contributed by atoms with E-state index in [4.69, 9.17) is 4.74 Å². The Balaban J connectivity index is 0.00000225. The van der Waals surface area contributed by atoms with Crippen molar-refractivity contribution in [2.24, 2.45) is 0 Å². The van der Waals surface area contributed by atoms with Crippen LogP contribution in [0.25, 0.3) is 0 Å². The van der Waals surface area contributed by atoms with Gasteiger partial charge in [-0.1, -0.05) is 44.2 Å². The molecule has 92 valence electrons. The van der Waals surface area contributed by atoms with Gasteiger partial charge >= 0.3 is 0 Å². The zero-order valence-electron chi connectivity index (χ0n) is 10.3. The molecule has 0 unspecified atom stereocenters. The van der Waals surface area contributed by atoms with Crippen LogP contribution >= 0.6 is 12.4 Å². The molecule has 0 saturated heterocycles. The van der Waals surface area contributed by atoms with Crippen LogP contribution in [-0.2, 0) is 11.3 Å². The van der Waals surface area contributed by atoms with E-state index in [1.807, 2.05) is 18.2 Å². The van der Waals surface area contributed by atoms with E-state index in [9.17, 15) is 0 Å². The number of ether oxygens (including phenoxy) is 1. The normalized spacial score (nSPS) is 12.2. The SMILES string of the molecule is CC(C)N[C@H](C)COCc1ccccc1.Cl. The Morgan fingerprint density at radius 1 is 1.12 bits per heavy atom.